The van der Waals surface area contributed by atoms with Crippen LogP contribution in [-0.4, -0.2) is 33.7 Å². The number of aliphatic hydroxyl groups is 1. The third-order valence-corrected chi connectivity index (χ3v) is 3.90. The van der Waals surface area contributed by atoms with Crippen LogP contribution in [0.4, 0.5) is 5.13 Å². The van der Waals surface area contributed by atoms with Crippen LogP contribution in [0.15, 0.2) is 0 Å². The number of hydrogen-bond donors (Lipinski definition) is 1. The van der Waals surface area contributed by atoms with Gasteiger partial charge in [0.2, 0.25) is 5.13 Å². The molecule has 5 heteroatoms. The van der Waals surface area contributed by atoms with Crippen molar-refractivity contribution in [3.05, 3.63) is 5.82 Å². The number of hydrogen-bond acceptors (Lipinski definition) is 5. The topological polar surface area (TPSA) is 49.2 Å². The maximum atomic E-state index is 9.42. The predicted molar refractivity (Wildman–Crippen MR) is 59.3 cm³/mol. The second kappa shape index (κ2) is 3.72. The number of rotatable bonds is 2. The highest BCUT2D eigenvalue weighted by atomic mass is 32.1. The van der Waals surface area contributed by atoms with Crippen LogP contribution in [0.5, 0.6) is 0 Å². The molecule has 2 fully saturated rings. The second-order valence-electron chi connectivity index (χ2n) is 4.43. The number of anilines is 1. The van der Waals surface area contributed by atoms with E-state index in [2.05, 4.69) is 14.3 Å². The molecule has 0 bridgehead atoms. The lowest BCUT2D eigenvalue weighted by Gasteiger charge is -2.28. The first-order valence-electron chi connectivity index (χ1n) is 5.59. The van der Waals surface area contributed by atoms with Crippen LogP contribution in [0, 0.1) is 0 Å². The van der Waals surface area contributed by atoms with Crippen molar-refractivity contribution in [2.75, 3.05) is 18.0 Å². The fraction of sp³-hybridized carbons (Fsp3) is 0.800. The third kappa shape index (κ3) is 1.99. The van der Waals surface area contributed by atoms with Crippen LogP contribution >= 0.6 is 11.5 Å². The van der Waals surface area contributed by atoms with E-state index in [9.17, 15) is 5.11 Å². The number of piperidine rings is 1. The molecule has 1 aromatic heterocycles. The van der Waals surface area contributed by atoms with E-state index >= 15 is 0 Å². The van der Waals surface area contributed by atoms with Crippen molar-refractivity contribution in [3.8, 4) is 0 Å². The van der Waals surface area contributed by atoms with Crippen LogP contribution in [0.3, 0.4) is 0 Å². The molecule has 0 aromatic carbocycles. The van der Waals surface area contributed by atoms with Gasteiger partial charge in [-0.2, -0.15) is 4.37 Å². The van der Waals surface area contributed by atoms with E-state index in [4.69, 9.17) is 0 Å². The summed E-state index contributed by atoms with van der Waals surface area (Å²) in [6.07, 6.45) is 4.12. The molecular weight excluding hydrogens is 210 g/mol. The Kier molecular flexibility index (Phi) is 2.36. The van der Waals surface area contributed by atoms with Gasteiger partial charge in [-0.05, 0) is 25.7 Å². The van der Waals surface area contributed by atoms with Crippen LogP contribution in [0.1, 0.15) is 37.4 Å². The van der Waals surface area contributed by atoms with Crippen molar-refractivity contribution < 1.29 is 5.11 Å². The smallest absolute Gasteiger partial charge is 0.205 e. The molecule has 1 aromatic rings. The summed E-state index contributed by atoms with van der Waals surface area (Å²) in [4.78, 5) is 6.82. The van der Waals surface area contributed by atoms with E-state index in [0.29, 0.717) is 5.92 Å². The molecule has 1 saturated carbocycles. The Bertz CT molecular complexity index is 342. The SMILES string of the molecule is OC1CCN(c2nc(C3CC3)ns2)CC1. The Morgan fingerprint density at radius 3 is 2.60 bits per heavy atom. The Morgan fingerprint density at radius 1 is 1.20 bits per heavy atom. The van der Waals surface area contributed by atoms with E-state index in [1.807, 2.05) is 0 Å². The van der Waals surface area contributed by atoms with Crippen molar-refractivity contribution >= 4 is 16.7 Å². The quantitative estimate of drug-likeness (QED) is 0.826. The largest absolute Gasteiger partial charge is 0.393 e. The van der Waals surface area contributed by atoms with E-state index in [1.54, 1.807) is 0 Å². The molecule has 2 heterocycles. The molecule has 0 atom stereocenters. The van der Waals surface area contributed by atoms with Crippen molar-refractivity contribution in [1.82, 2.24) is 9.36 Å². The summed E-state index contributed by atoms with van der Waals surface area (Å²) < 4.78 is 4.40. The summed E-state index contributed by atoms with van der Waals surface area (Å²) in [5, 5.41) is 10.5. The molecule has 1 N–H and O–H groups in total. The second-order valence-corrected chi connectivity index (χ2v) is 5.16. The molecule has 15 heavy (non-hydrogen) atoms. The average molecular weight is 225 g/mol. The first-order valence-corrected chi connectivity index (χ1v) is 6.37. The Morgan fingerprint density at radius 2 is 1.93 bits per heavy atom. The van der Waals surface area contributed by atoms with Gasteiger partial charge < -0.3 is 10.0 Å². The molecule has 82 valence electrons. The zero-order chi connectivity index (χ0) is 10.3. The first kappa shape index (κ1) is 9.54. The average Bonchev–Trinajstić information content (AvgIpc) is 2.99. The third-order valence-electron chi connectivity index (χ3n) is 3.11. The van der Waals surface area contributed by atoms with Crippen LogP contribution < -0.4 is 4.90 Å². The molecule has 0 spiro atoms. The maximum absolute atomic E-state index is 9.42. The van der Waals surface area contributed by atoms with Crippen molar-refractivity contribution in [2.24, 2.45) is 0 Å². The lowest BCUT2D eigenvalue weighted by atomic mass is 10.1. The van der Waals surface area contributed by atoms with Crippen molar-refractivity contribution in [1.29, 1.82) is 0 Å². The Hall–Kier alpha value is -0.680. The molecule has 1 saturated heterocycles. The monoisotopic (exact) mass is 225 g/mol. The zero-order valence-corrected chi connectivity index (χ0v) is 9.41. The summed E-state index contributed by atoms with van der Waals surface area (Å²) in [5.41, 5.74) is 0. The summed E-state index contributed by atoms with van der Waals surface area (Å²) in [6.45, 7) is 1.83. The van der Waals surface area contributed by atoms with Gasteiger partial charge in [-0.3, -0.25) is 0 Å². The lowest BCUT2D eigenvalue weighted by molar-refractivity contribution is 0.145. The van der Waals surface area contributed by atoms with E-state index in [1.165, 1.54) is 24.4 Å². The van der Waals surface area contributed by atoms with Gasteiger partial charge in [0.05, 0.1) is 6.10 Å². The highest BCUT2D eigenvalue weighted by Crippen LogP contribution is 2.39. The molecule has 0 amide bonds. The van der Waals surface area contributed by atoms with Gasteiger partial charge in [0.15, 0.2) is 0 Å². The van der Waals surface area contributed by atoms with E-state index in [-0.39, 0.29) is 6.10 Å². The predicted octanol–water partition coefficient (Wildman–Crippen LogP) is 1.38. The van der Waals surface area contributed by atoms with Gasteiger partial charge in [-0.1, -0.05) is 0 Å². The summed E-state index contributed by atoms with van der Waals surface area (Å²) >= 11 is 1.51. The lowest BCUT2D eigenvalue weighted by Crippen LogP contribution is -2.35. The molecule has 2 aliphatic rings. The van der Waals surface area contributed by atoms with Gasteiger partial charge in [0.25, 0.3) is 0 Å². The number of nitrogens with zero attached hydrogens (tertiary/aromatic N) is 3. The van der Waals surface area contributed by atoms with Crippen LogP contribution in [0.2, 0.25) is 0 Å². The zero-order valence-electron chi connectivity index (χ0n) is 8.59. The normalized spacial score (nSPS) is 23.4. The number of aliphatic hydroxyl groups excluding tert-OH is 1. The molecule has 0 radical (unpaired) electrons. The fourth-order valence-electron chi connectivity index (χ4n) is 1.92. The minimum Gasteiger partial charge on any atom is -0.393 e. The summed E-state index contributed by atoms with van der Waals surface area (Å²) in [7, 11) is 0. The van der Waals surface area contributed by atoms with Crippen molar-refractivity contribution in [2.45, 2.75) is 37.7 Å². The van der Waals surface area contributed by atoms with Crippen molar-refractivity contribution in [3.63, 3.8) is 0 Å². The van der Waals surface area contributed by atoms with E-state index in [0.717, 1.165) is 36.9 Å². The maximum Gasteiger partial charge on any atom is 0.205 e. The van der Waals surface area contributed by atoms with Gasteiger partial charge in [-0.15, -0.1) is 0 Å². The minimum atomic E-state index is -0.114. The van der Waals surface area contributed by atoms with Gasteiger partial charge in [0.1, 0.15) is 5.82 Å². The fourth-order valence-corrected chi connectivity index (χ4v) is 2.72. The highest BCUT2D eigenvalue weighted by molar-refractivity contribution is 7.09. The molecule has 3 rings (SSSR count). The van der Waals surface area contributed by atoms with E-state index < -0.39 is 0 Å². The number of aromatic nitrogens is 2. The van der Waals surface area contributed by atoms with Gasteiger partial charge >= 0.3 is 0 Å². The molecular formula is C10H15N3OS. The summed E-state index contributed by atoms with van der Waals surface area (Å²) in [6, 6.07) is 0. The van der Waals surface area contributed by atoms with Gasteiger partial charge in [-0.25, -0.2) is 4.98 Å². The molecule has 0 unspecified atom stereocenters. The minimum absolute atomic E-state index is 0.114. The standard InChI is InChI=1S/C10H15N3OS/c14-8-3-5-13(6-4-8)10-11-9(12-15-10)7-1-2-7/h7-8,14H,1-6H2. The first-order chi connectivity index (χ1) is 7.33. The molecule has 1 aliphatic heterocycles. The van der Waals surface area contributed by atoms with Crippen LogP contribution in [-0.2, 0) is 0 Å². The van der Waals surface area contributed by atoms with Gasteiger partial charge in [0, 0.05) is 30.5 Å². The Balaban J connectivity index is 1.69. The van der Waals surface area contributed by atoms with Crippen LogP contribution in [0.25, 0.3) is 0 Å². The highest BCUT2D eigenvalue weighted by Gasteiger charge is 2.29. The summed E-state index contributed by atoms with van der Waals surface area (Å²) in [5.74, 6) is 1.69. The Labute approximate surface area is 93.1 Å². The molecule has 1 aliphatic carbocycles. The molecule has 4 nitrogen and oxygen atoms in total.